The Morgan fingerprint density at radius 3 is 2.20 bits per heavy atom. The van der Waals surface area contributed by atoms with Crippen LogP contribution < -0.4 is 9.62 Å². The van der Waals surface area contributed by atoms with Crippen LogP contribution in [0, 0.1) is 6.92 Å². The molecule has 0 radical (unpaired) electrons. The second kappa shape index (κ2) is 13.9. The zero-order chi connectivity index (χ0) is 29.3. The number of ketones is 1. The molecule has 0 bridgehead atoms. The molecule has 0 saturated heterocycles. The van der Waals surface area contributed by atoms with Crippen molar-refractivity contribution in [2.24, 2.45) is 0 Å². The lowest BCUT2D eigenvalue weighted by atomic mass is 10.0. The van der Waals surface area contributed by atoms with Gasteiger partial charge >= 0.3 is 0 Å². The minimum atomic E-state index is -3.91. The summed E-state index contributed by atoms with van der Waals surface area (Å²) in [4.78, 5) is 41.0. The van der Waals surface area contributed by atoms with Crippen LogP contribution in [0.5, 0.6) is 0 Å². The summed E-state index contributed by atoms with van der Waals surface area (Å²) in [5.41, 5.74) is 3.22. The second-order valence-electron chi connectivity index (χ2n) is 9.88. The number of carbonyl (C=O) groups is 3. The van der Waals surface area contributed by atoms with Crippen molar-refractivity contribution < 1.29 is 22.8 Å². The number of hydrogen-bond acceptors (Lipinski definition) is 5. The van der Waals surface area contributed by atoms with Crippen LogP contribution in [0.4, 0.5) is 5.69 Å². The van der Waals surface area contributed by atoms with Crippen LogP contribution in [-0.4, -0.2) is 56.3 Å². The number of nitrogens with one attached hydrogen (secondary N) is 1. The molecule has 0 aromatic heterocycles. The first kappa shape index (κ1) is 30.6. The molecule has 1 unspecified atom stereocenters. The van der Waals surface area contributed by atoms with Crippen molar-refractivity contribution in [2.45, 2.75) is 46.2 Å². The van der Waals surface area contributed by atoms with E-state index < -0.39 is 28.5 Å². The Morgan fingerprint density at radius 2 is 1.57 bits per heavy atom. The number of Topliss-reactive ketones (excluding diaryl/α,β-unsaturated/α-hetero) is 1. The normalized spacial score (nSPS) is 11.9. The maximum absolute atomic E-state index is 14.1. The smallest absolute Gasteiger partial charge is 0.244 e. The minimum absolute atomic E-state index is 0.114. The number of hydrogen-bond donors (Lipinski definition) is 1. The van der Waals surface area contributed by atoms with Gasteiger partial charge in [0.1, 0.15) is 12.6 Å². The first-order valence-electron chi connectivity index (χ1n) is 13.2. The molecule has 0 aliphatic rings. The molecule has 0 spiro atoms. The Kier molecular flexibility index (Phi) is 10.6. The number of nitrogens with zero attached hydrogens (tertiary/aromatic N) is 2. The van der Waals surface area contributed by atoms with E-state index >= 15 is 0 Å². The van der Waals surface area contributed by atoms with E-state index in [4.69, 9.17) is 0 Å². The largest absolute Gasteiger partial charge is 0.354 e. The molecule has 9 heteroatoms. The number of amides is 2. The van der Waals surface area contributed by atoms with Crippen LogP contribution in [0.2, 0.25) is 0 Å². The first-order chi connectivity index (χ1) is 19.0. The van der Waals surface area contributed by atoms with Gasteiger partial charge in [-0.2, -0.15) is 0 Å². The number of rotatable bonds is 13. The SMILES string of the molecule is CCCNC(=O)C(Cc1ccccc1)N(Cc1cccc(C)c1)C(=O)CN(c1cccc(C(C)=O)c1)S(C)(=O)=O. The summed E-state index contributed by atoms with van der Waals surface area (Å²) < 4.78 is 26.8. The quantitative estimate of drug-likeness (QED) is 0.315. The third-order valence-corrected chi connectivity index (χ3v) is 7.62. The Bertz CT molecular complexity index is 1440. The average molecular weight is 564 g/mol. The molecule has 3 rings (SSSR count). The molecule has 0 saturated carbocycles. The van der Waals surface area contributed by atoms with Crippen molar-refractivity contribution >= 4 is 33.3 Å². The average Bonchev–Trinajstić information content (AvgIpc) is 2.92. The lowest BCUT2D eigenvalue weighted by Gasteiger charge is -2.33. The van der Waals surface area contributed by atoms with Gasteiger partial charge in [-0.25, -0.2) is 8.42 Å². The molecule has 0 aliphatic carbocycles. The highest BCUT2D eigenvalue weighted by molar-refractivity contribution is 7.92. The fraction of sp³-hybridized carbons (Fsp3) is 0.323. The van der Waals surface area contributed by atoms with E-state index in [1.165, 1.54) is 17.9 Å². The predicted octanol–water partition coefficient (Wildman–Crippen LogP) is 4.13. The van der Waals surface area contributed by atoms with Crippen LogP contribution in [0.3, 0.4) is 0 Å². The summed E-state index contributed by atoms with van der Waals surface area (Å²) in [7, 11) is -3.91. The van der Waals surface area contributed by atoms with Gasteiger partial charge in [-0.3, -0.25) is 18.7 Å². The van der Waals surface area contributed by atoms with Gasteiger partial charge in [0.15, 0.2) is 5.78 Å². The maximum Gasteiger partial charge on any atom is 0.244 e. The van der Waals surface area contributed by atoms with Gasteiger partial charge in [-0.15, -0.1) is 0 Å². The molecular weight excluding hydrogens is 526 g/mol. The van der Waals surface area contributed by atoms with Crippen molar-refractivity contribution in [3.63, 3.8) is 0 Å². The molecule has 8 nitrogen and oxygen atoms in total. The van der Waals surface area contributed by atoms with Crippen LogP contribution in [0.25, 0.3) is 0 Å². The van der Waals surface area contributed by atoms with Crippen molar-refractivity contribution in [3.05, 3.63) is 101 Å². The summed E-state index contributed by atoms with van der Waals surface area (Å²) in [6.45, 7) is 5.31. The van der Waals surface area contributed by atoms with E-state index in [0.717, 1.165) is 33.7 Å². The highest BCUT2D eigenvalue weighted by Gasteiger charge is 2.33. The van der Waals surface area contributed by atoms with Crippen molar-refractivity contribution in [1.82, 2.24) is 10.2 Å². The van der Waals surface area contributed by atoms with E-state index in [0.29, 0.717) is 12.1 Å². The van der Waals surface area contributed by atoms with Crippen molar-refractivity contribution in [3.8, 4) is 0 Å². The zero-order valence-corrected chi connectivity index (χ0v) is 24.3. The van der Waals surface area contributed by atoms with Crippen LogP contribution in [-0.2, 0) is 32.6 Å². The van der Waals surface area contributed by atoms with E-state index in [1.807, 2.05) is 68.4 Å². The van der Waals surface area contributed by atoms with Crippen molar-refractivity contribution in [2.75, 3.05) is 23.7 Å². The molecule has 40 heavy (non-hydrogen) atoms. The van der Waals surface area contributed by atoms with E-state index in [9.17, 15) is 22.8 Å². The number of benzene rings is 3. The van der Waals surface area contributed by atoms with E-state index in [2.05, 4.69) is 5.32 Å². The summed E-state index contributed by atoms with van der Waals surface area (Å²) in [6, 6.07) is 22.3. The first-order valence-corrected chi connectivity index (χ1v) is 15.1. The summed E-state index contributed by atoms with van der Waals surface area (Å²) in [6.07, 6.45) is 2.00. The lowest BCUT2D eigenvalue weighted by molar-refractivity contribution is -0.140. The Labute approximate surface area is 237 Å². The fourth-order valence-electron chi connectivity index (χ4n) is 4.42. The number of aryl methyl sites for hydroxylation is 1. The number of anilines is 1. The molecule has 0 heterocycles. The van der Waals surface area contributed by atoms with Crippen LogP contribution in [0.1, 0.15) is 47.3 Å². The maximum atomic E-state index is 14.1. The molecule has 3 aromatic rings. The summed E-state index contributed by atoms with van der Waals surface area (Å²) >= 11 is 0. The fourth-order valence-corrected chi connectivity index (χ4v) is 5.26. The Morgan fingerprint density at radius 1 is 0.900 bits per heavy atom. The topological polar surface area (TPSA) is 104 Å². The molecule has 1 N–H and O–H groups in total. The number of carbonyl (C=O) groups excluding carboxylic acids is 3. The molecule has 3 aromatic carbocycles. The molecule has 2 amide bonds. The second-order valence-corrected chi connectivity index (χ2v) is 11.8. The van der Waals surface area contributed by atoms with Gasteiger partial charge in [0.25, 0.3) is 0 Å². The highest BCUT2D eigenvalue weighted by atomic mass is 32.2. The highest BCUT2D eigenvalue weighted by Crippen LogP contribution is 2.22. The summed E-state index contributed by atoms with van der Waals surface area (Å²) in [5, 5.41) is 2.92. The molecule has 212 valence electrons. The molecule has 0 aliphatic heterocycles. The minimum Gasteiger partial charge on any atom is -0.354 e. The van der Waals surface area contributed by atoms with Gasteiger partial charge in [0, 0.05) is 25.1 Å². The van der Waals surface area contributed by atoms with Crippen LogP contribution in [0.15, 0.2) is 78.9 Å². The Hall–Kier alpha value is -3.98. The molecule has 0 fully saturated rings. The van der Waals surface area contributed by atoms with Crippen molar-refractivity contribution in [1.29, 1.82) is 0 Å². The van der Waals surface area contributed by atoms with Gasteiger partial charge in [0.05, 0.1) is 11.9 Å². The third-order valence-electron chi connectivity index (χ3n) is 6.48. The van der Waals surface area contributed by atoms with Gasteiger partial charge < -0.3 is 10.2 Å². The van der Waals surface area contributed by atoms with Gasteiger partial charge in [-0.05, 0) is 43.5 Å². The van der Waals surface area contributed by atoms with Gasteiger partial charge in [0.2, 0.25) is 21.8 Å². The third kappa shape index (κ3) is 8.51. The molecular formula is C31H37N3O5S. The van der Waals surface area contributed by atoms with E-state index in [-0.39, 0.29) is 30.3 Å². The number of sulfonamides is 1. The zero-order valence-electron chi connectivity index (χ0n) is 23.5. The predicted molar refractivity (Wildman–Crippen MR) is 158 cm³/mol. The lowest BCUT2D eigenvalue weighted by Crippen LogP contribution is -2.53. The van der Waals surface area contributed by atoms with E-state index in [1.54, 1.807) is 18.2 Å². The standard InChI is InChI=1S/C31H37N3O5S/c1-5-17-32-31(37)29(19-25-12-7-6-8-13-25)33(21-26-14-9-11-23(2)18-26)30(36)22-34(40(4,38)39)28-16-10-15-27(20-28)24(3)35/h6-16,18,20,29H,5,17,19,21-22H2,1-4H3,(H,32,37). The Balaban J connectivity index is 2.06. The molecule has 1 atom stereocenters. The van der Waals surface area contributed by atoms with Crippen LogP contribution >= 0.6 is 0 Å². The monoisotopic (exact) mass is 563 g/mol. The van der Waals surface area contributed by atoms with Gasteiger partial charge in [-0.1, -0.05) is 79.2 Å². The summed E-state index contributed by atoms with van der Waals surface area (Å²) in [5.74, 6) is -1.07.